The number of carbonyl (C=O) groups excluding carboxylic acids is 1. The molecule has 9 nitrogen and oxygen atoms in total. The molecule has 3 aromatic heterocycles. The molecule has 0 aliphatic heterocycles. The number of benzene rings is 2. The predicted molar refractivity (Wildman–Crippen MR) is 153 cm³/mol. The molecule has 202 valence electrons. The molecule has 0 N–H and O–H groups in total. The molecule has 0 aliphatic rings. The lowest BCUT2D eigenvalue weighted by Crippen LogP contribution is -2.10. The SMILES string of the molecule is COc1cc(/C=C/C(=O)/C=C/c2cccs2)ccc1OCc1cn(CCOc2cc(=O)oc3ccccc23)nn1. The fraction of sp³-hybridized carbons (Fsp3) is 0.133. The molecule has 10 heteroatoms. The minimum atomic E-state index is -0.469. The van der Waals surface area contributed by atoms with Crippen molar-refractivity contribution in [2.45, 2.75) is 13.2 Å². The third-order valence-corrected chi connectivity index (χ3v) is 6.57. The van der Waals surface area contributed by atoms with Crippen LogP contribution in [0.15, 0.2) is 93.6 Å². The van der Waals surface area contributed by atoms with Crippen LogP contribution in [0.1, 0.15) is 16.1 Å². The van der Waals surface area contributed by atoms with Crippen molar-refractivity contribution >= 4 is 40.2 Å². The number of rotatable bonds is 12. The Morgan fingerprint density at radius 3 is 2.73 bits per heavy atom. The van der Waals surface area contributed by atoms with E-state index >= 15 is 0 Å². The largest absolute Gasteiger partial charge is 0.493 e. The van der Waals surface area contributed by atoms with Gasteiger partial charge in [0.1, 0.15) is 30.2 Å². The topological polar surface area (TPSA) is 106 Å². The maximum atomic E-state index is 12.1. The van der Waals surface area contributed by atoms with Gasteiger partial charge in [-0.05, 0) is 59.5 Å². The molecular weight excluding hydrogens is 530 g/mol. The van der Waals surface area contributed by atoms with Gasteiger partial charge in [0.2, 0.25) is 0 Å². The van der Waals surface area contributed by atoms with Crippen molar-refractivity contribution in [3.63, 3.8) is 0 Å². The number of nitrogens with zero attached hydrogens (tertiary/aromatic N) is 3. The highest BCUT2D eigenvalue weighted by Crippen LogP contribution is 2.29. The van der Waals surface area contributed by atoms with Crippen molar-refractivity contribution in [1.82, 2.24) is 15.0 Å². The molecule has 0 spiro atoms. The number of carbonyl (C=O) groups is 1. The van der Waals surface area contributed by atoms with E-state index in [1.165, 1.54) is 12.1 Å². The Hall–Kier alpha value is -4.96. The van der Waals surface area contributed by atoms with Crippen LogP contribution >= 0.6 is 11.3 Å². The molecule has 0 saturated carbocycles. The van der Waals surface area contributed by atoms with Crippen LogP contribution in [0.4, 0.5) is 0 Å². The van der Waals surface area contributed by atoms with E-state index in [2.05, 4.69) is 10.3 Å². The van der Waals surface area contributed by atoms with Crippen molar-refractivity contribution in [2.24, 2.45) is 0 Å². The number of ether oxygens (including phenoxy) is 3. The number of aromatic nitrogens is 3. The van der Waals surface area contributed by atoms with E-state index < -0.39 is 5.63 Å². The summed E-state index contributed by atoms with van der Waals surface area (Å²) in [6.07, 6.45) is 8.34. The Balaban J connectivity index is 1.14. The summed E-state index contributed by atoms with van der Waals surface area (Å²) in [7, 11) is 1.56. The molecule has 5 rings (SSSR count). The number of thiophene rings is 1. The average Bonchev–Trinajstić information content (AvgIpc) is 3.66. The second-order valence-electron chi connectivity index (χ2n) is 8.53. The summed E-state index contributed by atoms with van der Waals surface area (Å²) in [5.41, 5.74) is 1.43. The zero-order valence-electron chi connectivity index (χ0n) is 21.6. The Bertz CT molecular complexity index is 1720. The molecule has 0 unspecified atom stereocenters. The first kappa shape index (κ1) is 26.6. The van der Waals surface area contributed by atoms with Crippen LogP contribution in [0, 0.1) is 0 Å². The Kier molecular flexibility index (Phi) is 8.47. The van der Waals surface area contributed by atoms with Gasteiger partial charge < -0.3 is 18.6 Å². The fourth-order valence-electron chi connectivity index (χ4n) is 3.81. The minimum absolute atomic E-state index is 0.107. The van der Waals surface area contributed by atoms with Crippen molar-refractivity contribution in [1.29, 1.82) is 0 Å². The number of hydrogen-bond donors (Lipinski definition) is 0. The lowest BCUT2D eigenvalue weighted by atomic mass is 10.1. The Morgan fingerprint density at radius 2 is 1.88 bits per heavy atom. The molecule has 0 atom stereocenters. The van der Waals surface area contributed by atoms with Crippen LogP contribution in [-0.2, 0) is 17.9 Å². The molecule has 0 saturated heterocycles. The lowest BCUT2D eigenvalue weighted by molar-refractivity contribution is -0.110. The summed E-state index contributed by atoms with van der Waals surface area (Å²) in [6.45, 7) is 0.891. The van der Waals surface area contributed by atoms with Gasteiger partial charge in [0.05, 0.1) is 31.3 Å². The first-order valence-electron chi connectivity index (χ1n) is 12.4. The maximum absolute atomic E-state index is 12.1. The van der Waals surface area contributed by atoms with E-state index in [0.29, 0.717) is 35.1 Å². The Labute approximate surface area is 233 Å². The highest BCUT2D eigenvalue weighted by atomic mass is 32.1. The van der Waals surface area contributed by atoms with Gasteiger partial charge in [-0.3, -0.25) is 4.79 Å². The quantitative estimate of drug-likeness (QED) is 0.149. The maximum Gasteiger partial charge on any atom is 0.339 e. The van der Waals surface area contributed by atoms with Crippen molar-refractivity contribution in [2.75, 3.05) is 13.7 Å². The van der Waals surface area contributed by atoms with Crippen molar-refractivity contribution in [3.05, 3.63) is 111 Å². The lowest BCUT2D eigenvalue weighted by Gasteiger charge is -2.10. The fourth-order valence-corrected chi connectivity index (χ4v) is 4.43. The number of fused-ring (bicyclic) bond motifs is 1. The molecule has 2 aromatic carbocycles. The number of para-hydroxylation sites is 1. The first-order valence-corrected chi connectivity index (χ1v) is 13.2. The van der Waals surface area contributed by atoms with E-state index in [1.54, 1.807) is 71.8 Å². The molecule has 0 bridgehead atoms. The second-order valence-corrected chi connectivity index (χ2v) is 9.51. The van der Waals surface area contributed by atoms with Gasteiger partial charge in [-0.1, -0.05) is 35.6 Å². The van der Waals surface area contributed by atoms with E-state index in [-0.39, 0.29) is 19.0 Å². The first-order chi connectivity index (χ1) is 19.6. The number of allylic oxidation sites excluding steroid dienone is 2. The van der Waals surface area contributed by atoms with Gasteiger partial charge in [0.25, 0.3) is 0 Å². The average molecular weight is 556 g/mol. The zero-order chi connectivity index (χ0) is 27.7. The van der Waals surface area contributed by atoms with E-state index in [4.69, 9.17) is 18.6 Å². The molecule has 40 heavy (non-hydrogen) atoms. The van der Waals surface area contributed by atoms with Crippen molar-refractivity contribution in [3.8, 4) is 17.2 Å². The normalized spacial score (nSPS) is 11.4. The highest BCUT2D eigenvalue weighted by molar-refractivity contribution is 7.10. The number of methoxy groups -OCH3 is 1. The van der Waals surface area contributed by atoms with Crippen LogP contribution in [0.5, 0.6) is 17.2 Å². The number of ketones is 1. The predicted octanol–water partition coefficient (Wildman–Crippen LogP) is 5.41. The zero-order valence-corrected chi connectivity index (χ0v) is 22.4. The number of hydrogen-bond acceptors (Lipinski definition) is 9. The van der Waals surface area contributed by atoms with Crippen LogP contribution in [-0.4, -0.2) is 34.5 Å². The van der Waals surface area contributed by atoms with Crippen LogP contribution in [0.25, 0.3) is 23.1 Å². The molecule has 0 amide bonds. The van der Waals surface area contributed by atoms with Gasteiger partial charge in [-0.2, -0.15) is 0 Å². The summed E-state index contributed by atoms with van der Waals surface area (Å²) >= 11 is 1.57. The Morgan fingerprint density at radius 1 is 1.00 bits per heavy atom. The third-order valence-electron chi connectivity index (χ3n) is 5.73. The van der Waals surface area contributed by atoms with Crippen LogP contribution in [0.3, 0.4) is 0 Å². The van der Waals surface area contributed by atoms with Crippen LogP contribution in [0.2, 0.25) is 0 Å². The van der Waals surface area contributed by atoms with Gasteiger partial charge in [-0.25, -0.2) is 9.48 Å². The van der Waals surface area contributed by atoms with Gasteiger partial charge >= 0.3 is 5.63 Å². The van der Waals surface area contributed by atoms with Crippen molar-refractivity contribution < 1.29 is 23.4 Å². The van der Waals surface area contributed by atoms with Crippen LogP contribution < -0.4 is 19.8 Å². The van der Waals surface area contributed by atoms with Gasteiger partial charge in [0.15, 0.2) is 17.3 Å². The molecule has 0 radical (unpaired) electrons. The van der Waals surface area contributed by atoms with E-state index in [0.717, 1.165) is 15.8 Å². The molecule has 0 aliphatic carbocycles. The second kappa shape index (κ2) is 12.7. The molecule has 3 heterocycles. The molecule has 5 aromatic rings. The standard InChI is InChI=1S/C30H25N3O6S/c1-36-29-17-21(8-10-23(34)11-12-24-5-4-16-40-24)9-13-27(29)38-20-22-19-33(32-31-22)14-15-37-28-18-30(35)39-26-7-3-2-6-25(26)28/h2-13,16-19H,14-15,20H2,1H3/b10-8+,12-11+. The molecule has 0 fully saturated rings. The monoisotopic (exact) mass is 555 g/mol. The summed E-state index contributed by atoms with van der Waals surface area (Å²) in [5.74, 6) is 1.42. The van der Waals surface area contributed by atoms with Gasteiger partial charge in [0, 0.05) is 4.88 Å². The summed E-state index contributed by atoms with van der Waals surface area (Å²) < 4.78 is 24.0. The minimum Gasteiger partial charge on any atom is -0.493 e. The van der Waals surface area contributed by atoms with E-state index in [1.807, 2.05) is 35.7 Å². The summed E-state index contributed by atoms with van der Waals surface area (Å²) in [6, 6.07) is 17.8. The third kappa shape index (κ3) is 6.91. The van der Waals surface area contributed by atoms with Gasteiger partial charge in [-0.15, -0.1) is 16.4 Å². The smallest absolute Gasteiger partial charge is 0.339 e. The highest BCUT2D eigenvalue weighted by Gasteiger charge is 2.09. The summed E-state index contributed by atoms with van der Waals surface area (Å²) in [5, 5.41) is 11.0. The molecular formula is C30H25N3O6S. The summed E-state index contributed by atoms with van der Waals surface area (Å²) in [4.78, 5) is 25.0. The van der Waals surface area contributed by atoms with E-state index in [9.17, 15) is 9.59 Å².